The number of para-hydroxylation sites is 1. The molecule has 0 saturated carbocycles. The molecule has 3 rings (SSSR count). The number of Topliss-reactive ketones (excluding diaryl/α,β-unsaturated/α-hetero) is 1. The number of hydrogen-bond donors (Lipinski definition) is 1. The van der Waals surface area contributed by atoms with E-state index >= 15 is 0 Å². The van der Waals surface area contributed by atoms with Crippen molar-refractivity contribution in [3.05, 3.63) is 54.1 Å². The van der Waals surface area contributed by atoms with Crippen molar-refractivity contribution in [1.82, 2.24) is 4.90 Å². The van der Waals surface area contributed by atoms with E-state index in [1.165, 1.54) is 17.4 Å². The second kappa shape index (κ2) is 11.0. The fourth-order valence-corrected chi connectivity index (χ4v) is 4.96. The van der Waals surface area contributed by atoms with E-state index in [9.17, 15) is 13.2 Å². The molecular weight excluding hydrogens is 430 g/mol. The Labute approximate surface area is 190 Å². The summed E-state index contributed by atoms with van der Waals surface area (Å²) in [6, 6.07) is 15.7. The van der Waals surface area contributed by atoms with Crippen molar-refractivity contribution in [1.29, 1.82) is 0 Å². The first kappa shape index (κ1) is 23.6. The maximum atomic E-state index is 12.6. The minimum Gasteiger partial charge on any atom is -0.369 e. The number of hydrogen-bond acceptors (Lipinski definition) is 6. The van der Waals surface area contributed by atoms with Gasteiger partial charge in [-0.25, -0.2) is 8.42 Å². The average molecular weight is 462 g/mol. The third kappa shape index (κ3) is 7.26. The van der Waals surface area contributed by atoms with Gasteiger partial charge < -0.3 is 4.90 Å². The van der Waals surface area contributed by atoms with Crippen LogP contribution in [0.4, 0.5) is 11.4 Å². The van der Waals surface area contributed by atoms with Gasteiger partial charge in [0.25, 0.3) is 0 Å². The lowest BCUT2D eigenvalue weighted by Gasteiger charge is -2.36. The van der Waals surface area contributed by atoms with Crippen LogP contribution in [0.25, 0.3) is 0 Å². The molecule has 2 aromatic carbocycles. The Morgan fingerprint density at radius 2 is 1.74 bits per heavy atom. The van der Waals surface area contributed by atoms with E-state index in [4.69, 9.17) is 0 Å². The van der Waals surface area contributed by atoms with Gasteiger partial charge in [0.2, 0.25) is 10.0 Å². The number of benzene rings is 2. The zero-order chi connectivity index (χ0) is 22.3. The van der Waals surface area contributed by atoms with E-state index in [0.717, 1.165) is 56.7 Å². The topological polar surface area (TPSA) is 69.7 Å². The van der Waals surface area contributed by atoms with E-state index in [2.05, 4.69) is 38.8 Å². The summed E-state index contributed by atoms with van der Waals surface area (Å²) in [7, 11) is -3.39. The van der Waals surface area contributed by atoms with Gasteiger partial charge in [0.05, 0.1) is 11.9 Å². The quantitative estimate of drug-likeness (QED) is 0.328. The molecule has 2 aromatic rings. The highest BCUT2D eigenvalue weighted by Crippen LogP contribution is 2.28. The van der Waals surface area contributed by atoms with Crippen LogP contribution in [0.15, 0.2) is 53.4 Å². The second-order valence-corrected chi connectivity index (χ2v) is 10.4. The number of nitrogens with one attached hydrogen (secondary N) is 1. The van der Waals surface area contributed by atoms with E-state index in [-0.39, 0.29) is 5.78 Å². The van der Waals surface area contributed by atoms with Crippen molar-refractivity contribution >= 4 is 38.9 Å². The molecule has 1 aliphatic heterocycles. The Balaban J connectivity index is 1.43. The number of piperazine rings is 1. The number of carbonyl (C=O) groups excluding carboxylic acids is 1. The largest absolute Gasteiger partial charge is 0.369 e. The summed E-state index contributed by atoms with van der Waals surface area (Å²) in [5.74, 6) is 0.0538. The van der Waals surface area contributed by atoms with Gasteiger partial charge in [-0.2, -0.15) is 0 Å². The fraction of sp³-hybridized carbons (Fsp3) is 0.435. The van der Waals surface area contributed by atoms with Gasteiger partial charge in [0.1, 0.15) is 0 Å². The Hall–Kier alpha value is -2.03. The molecule has 8 heteroatoms. The summed E-state index contributed by atoms with van der Waals surface area (Å²) in [5.41, 5.74) is 2.31. The third-order valence-electron chi connectivity index (χ3n) is 5.44. The standard InChI is InChI=1S/C23H31N3O3S2/c1-30-23-12-11-19(18-21(23)24-31(2,28)29)22(27)10-6-7-13-25-14-16-26(17-15-25)20-8-4-3-5-9-20/h3-5,8-9,11-12,18,24H,6-7,10,13-17H2,1-2H3. The molecule has 0 bridgehead atoms. The highest BCUT2D eigenvalue weighted by molar-refractivity contribution is 7.99. The number of unbranched alkanes of at least 4 members (excludes halogenated alkanes) is 1. The molecule has 6 nitrogen and oxygen atoms in total. The van der Waals surface area contributed by atoms with Gasteiger partial charge in [-0.15, -0.1) is 11.8 Å². The monoisotopic (exact) mass is 461 g/mol. The second-order valence-electron chi connectivity index (χ2n) is 7.83. The number of nitrogens with zero attached hydrogens (tertiary/aromatic N) is 2. The lowest BCUT2D eigenvalue weighted by Crippen LogP contribution is -2.46. The van der Waals surface area contributed by atoms with Crippen LogP contribution in [0.5, 0.6) is 0 Å². The van der Waals surface area contributed by atoms with Crippen molar-refractivity contribution in [2.75, 3.05) is 54.9 Å². The molecule has 1 aliphatic rings. The van der Waals surface area contributed by atoms with Crippen LogP contribution < -0.4 is 9.62 Å². The van der Waals surface area contributed by atoms with Crippen molar-refractivity contribution in [3.63, 3.8) is 0 Å². The van der Waals surface area contributed by atoms with Gasteiger partial charge in [-0.1, -0.05) is 24.3 Å². The number of anilines is 2. The molecular formula is C23H31N3O3S2. The summed E-state index contributed by atoms with van der Waals surface area (Å²) >= 11 is 1.45. The molecule has 0 aliphatic carbocycles. The van der Waals surface area contributed by atoms with Crippen LogP contribution >= 0.6 is 11.8 Å². The Morgan fingerprint density at radius 1 is 1.03 bits per heavy atom. The van der Waals surface area contributed by atoms with E-state index in [1.807, 2.05) is 12.3 Å². The molecule has 0 aromatic heterocycles. The molecule has 1 N–H and O–H groups in total. The third-order valence-corrected chi connectivity index (χ3v) is 6.83. The van der Waals surface area contributed by atoms with Gasteiger partial charge in [-0.3, -0.25) is 14.4 Å². The highest BCUT2D eigenvalue weighted by Gasteiger charge is 2.17. The van der Waals surface area contributed by atoms with Crippen molar-refractivity contribution in [2.45, 2.75) is 24.2 Å². The van der Waals surface area contributed by atoms with Gasteiger partial charge in [0, 0.05) is 48.7 Å². The lowest BCUT2D eigenvalue weighted by atomic mass is 10.0. The molecule has 0 spiro atoms. The molecule has 1 saturated heterocycles. The summed E-state index contributed by atoms with van der Waals surface area (Å²) in [5, 5.41) is 0. The van der Waals surface area contributed by atoms with Crippen molar-refractivity contribution in [2.24, 2.45) is 0 Å². The summed E-state index contributed by atoms with van der Waals surface area (Å²) < 4.78 is 25.7. The van der Waals surface area contributed by atoms with Crippen LogP contribution in [0, 0.1) is 0 Å². The van der Waals surface area contributed by atoms with Crippen LogP contribution in [0.1, 0.15) is 29.6 Å². The van der Waals surface area contributed by atoms with Gasteiger partial charge >= 0.3 is 0 Å². The molecule has 168 valence electrons. The summed E-state index contributed by atoms with van der Waals surface area (Å²) in [6.07, 6.45) is 5.28. The number of thioether (sulfide) groups is 1. The maximum absolute atomic E-state index is 12.6. The first-order valence-corrected chi connectivity index (χ1v) is 13.7. The molecule has 1 fully saturated rings. The number of ketones is 1. The molecule has 0 atom stereocenters. The summed E-state index contributed by atoms with van der Waals surface area (Å²) in [4.78, 5) is 18.3. The highest BCUT2D eigenvalue weighted by atomic mass is 32.2. The SMILES string of the molecule is CSc1ccc(C(=O)CCCCN2CCN(c3ccccc3)CC2)cc1NS(C)(=O)=O. The van der Waals surface area contributed by atoms with Gasteiger partial charge in [-0.05, 0) is 49.9 Å². The lowest BCUT2D eigenvalue weighted by molar-refractivity contribution is 0.0977. The zero-order valence-electron chi connectivity index (χ0n) is 18.2. The number of carbonyl (C=O) groups is 1. The molecule has 31 heavy (non-hydrogen) atoms. The van der Waals surface area contributed by atoms with E-state index in [1.54, 1.807) is 18.2 Å². The predicted octanol–water partition coefficient (Wildman–Crippen LogP) is 3.96. The molecule has 0 unspecified atom stereocenters. The Kier molecular flexibility index (Phi) is 8.40. The average Bonchev–Trinajstić information content (AvgIpc) is 2.76. The van der Waals surface area contributed by atoms with Crippen LogP contribution in [0.2, 0.25) is 0 Å². The Morgan fingerprint density at radius 3 is 2.39 bits per heavy atom. The first-order chi connectivity index (χ1) is 14.9. The Bertz CT molecular complexity index is 973. The van der Waals surface area contributed by atoms with Crippen LogP contribution in [0.3, 0.4) is 0 Å². The molecule has 0 amide bonds. The summed E-state index contributed by atoms with van der Waals surface area (Å²) in [6.45, 7) is 5.14. The number of sulfonamides is 1. The first-order valence-electron chi connectivity index (χ1n) is 10.6. The zero-order valence-corrected chi connectivity index (χ0v) is 19.8. The van der Waals surface area contributed by atoms with E-state index < -0.39 is 10.0 Å². The molecule has 0 radical (unpaired) electrons. The smallest absolute Gasteiger partial charge is 0.229 e. The predicted molar refractivity (Wildman–Crippen MR) is 130 cm³/mol. The fourth-order valence-electron chi connectivity index (χ4n) is 3.79. The number of rotatable bonds is 10. The van der Waals surface area contributed by atoms with Crippen LogP contribution in [-0.2, 0) is 10.0 Å². The van der Waals surface area contributed by atoms with Crippen molar-refractivity contribution in [3.8, 4) is 0 Å². The maximum Gasteiger partial charge on any atom is 0.229 e. The minimum absolute atomic E-state index is 0.0538. The van der Waals surface area contributed by atoms with Gasteiger partial charge in [0.15, 0.2) is 5.78 Å². The minimum atomic E-state index is -3.39. The normalized spacial score (nSPS) is 15.1. The van der Waals surface area contributed by atoms with Crippen molar-refractivity contribution < 1.29 is 13.2 Å². The molecule has 1 heterocycles. The van der Waals surface area contributed by atoms with Crippen LogP contribution in [-0.4, -0.2) is 64.3 Å². The van der Waals surface area contributed by atoms with E-state index in [0.29, 0.717) is 17.7 Å².